The highest BCUT2D eigenvalue weighted by Crippen LogP contribution is 2.24. The molecule has 3 N–H and O–H groups in total. The number of hydrogen-bond donors (Lipinski definition) is 3. The second-order valence-electron chi connectivity index (χ2n) is 9.79. The summed E-state index contributed by atoms with van der Waals surface area (Å²) in [4.78, 5) is 13.1. The number of aromatic nitrogens is 4. The van der Waals surface area contributed by atoms with Crippen LogP contribution in [0, 0.1) is 0 Å². The third kappa shape index (κ3) is 5.82. The Kier molecular flexibility index (Phi) is 8.53. The van der Waals surface area contributed by atoms with Gasteiger partial charge in [-0.3, -0.25) is 9.48 Å². The first-order chi connectivity index (χ1) is 19.0. The lowest BCUT2D eigenvalue weighted by Gasteiger charge is -2.16. The molecule has 208 valence electrons. The van der Waals surface area contributed by atoms with Crippen molar-refractivity contribution >= 4 is 21.8 Å². The van der Waals surface area contributed by atoms with Crippen molar-refractivity contribution in [2.24, 2.45) is 0 Å². The maximum Gasteiger partial charge on any atom is 0.197 e. The van der Waals surface area contributed by atoms with Crippen molar-refractivity contribution in [2.75, 3.05) is 13.7 Å². The average molecular weight is 539 g/mol. The number of fused-ring (bicyclic) bond motifs is 2. The number of ether oxygens (including phenoxy) is 3. The summed E-state index contributed by atoms with van der Waals surface area (Å²) in [6, 6.07) is 13.4. The third-order valence-corrected chi connectivity index (χ3v) is 7.18. The number of benzene rings is 2. The first-order valence-corrected chi connectivity index (χ1v) is 13.2. The third-order valence-electron chi connectivity index (χ3n) is 7.18. The number of methoxy groups -OCH3 is 1. The molecule has 0 spiro atoms. The van der Waals surface area contributed by atoms with Crippen molar-refractivity contribution in [1.29, 1.82) is 0 Å². The van der Waals surface area contributed by atoms with Gasteiger partial charge in [-0.2, -0.15) is 0 Å². The zero-order chi connectivity index (χ0) is 27.4. The monoisotopic (exact) mass is 538 g/mol. The lowest BCUT2D eigenvalue weighted by atomic mass is 10.1. The zero-order valence-corrected chi connectivity index (χ0v) is 21.8. The van der Waals surface area contributed by atoms with Crippen LogP contribution in [-0.2, 0) is 29.2 Å². The van der Waals surface area contributed by atoms with Gasteiger partial charge in [0, 0.05) is 23.9 Å². The Balaban J connectivity index is 1.11. The Bertz CT molecular complexity index is 1470. The van der Waals surface area contributed by atoms with E-state index in [-0.39, 0.29) is 12.0 Å². The van der Waals surface area contributed by atoms with Crippen molar-refractivity contribution in [3.63, 3.8) is 0 Å². The molecule has 3 heterocycles. The van der Waals surface area contributed by atoms with E-state index in [9.17, 15) is 20.1 Å². The van der Waals surface area contributed by atoms with Gasteiger partial charge in [-0.1, -0.05) is 30.2 Å². The highest BCUT2D eigenvalue weighted by Gasteiger charge is 2.43. The van der Waals surface area contributed by atoms with Crippen LogP contribution in [-0.4, -0.2) is 73.2 Å². The molecule has 4 aromatic rings. The quantitative estimate of drug-likeness (QED) is 0.182. The topological polar surface area (TPSA) is 141 Å². The summed E-state index contributed by atoms with van der Waals surface area (Å²) >= 11 is 0. The van der Waals surface area contributed by atoms with Gasteiger partial charge in [0.05, 0.1) is 37.6 Å². The van der Waals surface area contributed by atoms with Crippen LogP contribution in [0.5, 0.6) is 5.75 Å². The molecule has 11 heteroatoms. The van der Waals surface area contributed by atoms with Crippen LogP contribution in [0.2, 0.25) is 0 Å². The van der Waals surface area contributed by atoms with Crippen LogP contribution in [0.1, 0.15) is 31.4 Å². The minimum atomic E-state index is -1.23. The highest BCUT2D eigenvalue weighted by atomic mass is 16.7. The van der Waals surface area contributed by atoms with Gasteiger partial charge in [0.2, 0.25) is 0 Å². The van der Waals surface area contributed by atoms with E-state index in [1.807, 2.05) is 42.5 Å². The van der Waals surface area contributed by atoms with Crippen molar-refractivity contribution in [2.45, 2.75) is 70.0 Å². The van der Waals surface area contributed by atoms with E-state index in [1.165, 1.54) is 0 Å². The van der Waals surface area contributed by atoms with Gasteiger partial charge in [0.25, 0.3) is 0 Å². The number of aliphatic hydroxyl groups excluding tert-OH is 3. The van der Waals surface area contributed by atoms with Gasteiger partial charge < -0.3 is 34.1 Å². The van der Waals surface area contributed by atoms with E-state index in [2.05, 4.69) is 14.9 Å². The number of pyridine rings is 1. The summed E-state index contributed by atoms with van der Waals surface area (Å²) in [5, 5.41) is 38.6. The second kappa shape index (κ2) is 12.2. The largest absolute Gasteiger partial charge is 0.497 e. The van der Waals surface area contributed by atoms with Crippen LogP contribution < -0.4 is 10.2 Å². The molecule has 5 rings (SSSR count). The number of para-hydroxylation sites is 1. The molecule has 0 radical (unpaired) electrons. The molecular weight excluding hydrogens is 504 g/mol. The van der Waals surface area contributed by atoms with Gasteiger partial charge in [-0.05, 0) is 43.2 Å². The molecule has 2 aromatic heterocycles. The molecule has 1 saturated heterocycles. The first kappa shape index (κ1) is 27.2. The number of aryl methyl sites for hydroxylation is 2. The molecule has 1 aliphatic heterocycles. The summed E-state index contributed by atoms with van der Waals surface area (Å²) in [5.74, 6) is 0.669. The lowest BCUT2D eigenvalue weighted by Crippen LogP contribution is -2.34. The van der Waals surface area contributed by atoms with Crippen molar-refractivity contribution < 1.29 is 29.5 Å². The molecule has 0 unspecified atom stereocenters. The lowest BCUT2D eigenvalue weighted by molar-refractivity contribution is -0.176. The molecule has 11 nitrogen and oxygen atoms in total. The Morgan fingerprint density at radius 2 is 1.74 bits per heavy atom. The van der Waals surface area contributed by atoms with Crippen molar-refractivity contribution in [3.8, 4) is 5.75 Å². The summed E-state index contributed by atoms with van der Waals surface area (Å²) in [7, 11) is 1.60. The predicted molar refractivity (Wildman–Crippen MR) is 143 cm³/mol. The van der Waals surface area contributed by atoms with Gasteiger partial charge in [-0.25, -0.2) is 0 Å². The molecule has 1 fully saturated rings. The predicted octanol–water partition coefficient (Wildman–Crippen LogP) is 1.97. The second-order valence-corrected chi connectivity index (χ2v) is 9.79. The Labute approximate surface area is 225 Å². The molecule has 0 aliphatic carbocycles. The van der Waals surface area contributed by atoms with Crippen LogP contribution in [0.3, 0.4) is 0 Å². The first-order valence-electron chi connectivity index (χ1n) is 13.2. The number of nitrogens with zero attached hydrogens (tertiary/aromatic N) is 4. The fourth-order valence-electron chi connectivity index (χ4n) is 5.06. The van der Waals surface area contributed by atoms with Crippen molar-refractivity contribution in [1.82, 2.24) is 19.6 Å². The van der Waals surface area contributed by atoms with Crippen molar-refractivity contribution in [3.05, 3.63) is 64.6 Å². The molecule has 2 aromatic carbocycles. The number of unbranched alkanes of at least 4 members (excludes halogenated alkanes) is 3. The molecule has 4 atom stereocenters. The van der Waals surface area contributed by atoms with E-state index >= 15 is 0 Å². The van der Waals surface area contributed by atoms with Gasteiger partial charge in [0.15, 0.2) is 11.7 Å². The van der Waals surface area contributed by atoms with Crippen LogP contribution in [0.15, 0.2) is 53.5 Å². The SMILES string of the molecule is COc1ccc2c(c1)c(=O)c1ccccc1n2CCCCCCn1cc(CO[C@@H]2O[C@H](CO)[C@@H](O)[C@H]2O)nn1. The fraction of sp³-hybridized carbons (Fsp3) is 0.464. The maximum absolute atomic E-state index is 13.1. The minimum Gasteiger partial charge on any atom is -0.497 e. The smallest absolute Gasteiger partial charge is 0.197 e. The molecular formula is C28H34N4O7. The normalized spacial score (nSPS) is 21.2. The number of hydrogen-bond acceptors (Lipinski definition) is 9. The van der Waals surface area contributed by atoms with Crippen LogP contribution in [0.25, 0.3) is 21.8 Å². The number of rotatable bonds is 12. The molecule has 0 amide bonds. The van der Waals surface area contributed by atoms with E-state index < -0.39 is 31.2 Å². The van der Waals surface area contributed by atoms with Crippen LogP contribution in [0.4, 0.5) is 0 Å². The Morgan fingerprint density at radius 1 is 0.974 bits per heavy atom. The molecule has 1 aliphatic rings. The zero-order valence-electron chi connectivity index (χ0n) is 21.8. The highest BCUT2D eigenvalue weighted by molar-refractivity contribution is 5.94. The van der Waals surface area contributed by atoms with E-state index in [1.54, 1.807) is 18.0 Å². The summed E-state index contributed by atoms with van der Waals surface area (Å²) < 4.78 is 20.1. The van der Waals surface area contributed by atoms with Gasteiger partial charge >= 0.3 is 0 Å². The molecule has 0 saturated carbocycles. The van der Waals surface area contributed by atoms with Crippen LogP contribution >= 0.6 is 0 Å². The fourth-order valence-corrected chi connectivity index (χ4v) is 5.06. The van der Waals surface area contributed by atoms with E-state index in [0.717, 1.165) is 43.3 Å². The summed E-state index contributed by atoms with van der Waals surface area (Å²) in [5.41, 5.74) is 2.46. The standard InChI is InChI=1S/C28H34N4O7/c1-37-19-10-11-23-21(14-19)25(34)20-8-4-5-9-22(20)32(23)13-7-3-2-6-12-31-15-18(29-30-31)17-38-28-27(36)26(35)24(16-33)39-28/h4-5,8-11,14-15,24,26-28,33,35-36H,2-3,6-7,12-13,16-17H2,1H3/t24-,26-,27-,28-/m1/s1. The molecule has 0 bridgehead atoms. The van der Waals surface area contributed by atoms with Gasteiger partial charge in [0.1, 0.15) is 29.8 Å². The minimum absolute atomic E-state index is 0.0206. The average Bonchev–Trinajstić information content (AvgIpc) is 3.54. The summed E-state index contributed by atoms with van der Waals surface area (Å²) in [6.07, 6.45) is 1.40. The Hall–Kier alpha value is -3.35. The summed E-state index contributed by atoms with van der Waals surface area (Å²) in [6.45, 7) is 1.18. The maximum atomic E-state index is 13.1. The van der Waals surface area contributed by atoms with E-state index in [0.29, 0.717) is 28.8 Å². The number of aliphatic hydroxyl groups is 3. The Morgan fingerprint density at radius 3 is 2.51 bits per heavy atom. The van der Waals surface area contributed by atoms with Gasteiger partial charge in [-0.15, -0.1) is 5.10 Å². The van der Waals surface area contributed by atoms with E-state index in [4.69, 9.17) is 14.2 Å². The molecule has 39 heavy (non-hydrogen) atoms.